The molecule has 13 heteroatoms. The maximum absolute atomic E-state index is 17.1. The zero-order chi connectivity index (χ0) is 37.2. The highest BCUT2D eigenvalue weighted by atomic mass is 32.2. The molecule has 51 heavy (non-hydrogen) atoms. The number of piperidine rings is 1. The molecule has 1 aliphatic rings. The number of ether oxygens (including phenoxy) is 2. The first-order valence-electron chi connectivity index (χ1n) is 17.1. The Morgan fingerprint density at radius 1 is 0.980 bits per heavy atom. The number of anilines is 3. The number of hydrogen-bond donors (Lipinski definition) is 1. The van der Waals surface area contributed by atoms with Gasteiger partial charge in [0, 0.05) is 35.2 Å². The van der Waals surface area contributed by atoms with Crippen molar-refractivity contribution in [2.75, 3.05) is 23.3 Å². The van der Waals surface area contributed by atoms with Gasteiger partial charge in [0.25, 0.3) is 5.91 Å². The second-order valence-electron chi connectivity index (χ2n) is 15.0. The number of benzene rings is 2. The van der Waals surface area contributed by atoms with Crippen molar-refractivity contribution in [3.05, 3.63) is 77.2 Å². The normalized spacial score (nSPS) is 14.1. The summed E-state index contributed by atoms with van der Waals surface area (Å²) < 4.78 is 29.8. The smallest absolute Gasteiger partial charge is 0.420 e. The number of fused-ring (bicyclic) bond motifs is 1. The van der Waals surface area contributed by atoms with E-state index < -0.39 is 23.1 Å². The second-order valence-corrected chi connectivity index (χ2v) is 16.3. The van der Waals surface area contributed by atoms with E-state index in [1.807, 2.05) is 53.7 Å². The van der Waals surface area contributed by atoms with E-state index in [0.29, 0.717) is 42.8 Å². The molecule has 2 aromatic heterocycles. The van der Waals surface area contributed by atoms with Gasteiger partial charge in [0.1, 0.15) is 16.2 Å². The molecule has 3 heterocycles. The van der Waals surface area contributed by atoms with Crippen LogP contribution in [0.4, 0.5) is 31.2 Å². The molecule has 0 atom stereocenters. The van der Waals surface area contributed by atoms with E-state index in [0.717, 1.165) is 16.0 Å². The summed E-state index contributed by atoms with van der Waals surface area (Å²) >= 11 is 1.28. The molecule has 1 N–H and O–H groups in total. The third-order valence-corrected chi connectivity index (χ3v) is 9.32. The van der Waals surface area contributed by atoms with Crippen molar-refractivity contribution in [1.82, 2.24) is 19.5 Å². The van der Waals surface area contributed by atoms with Crippen molar-refractivity contribution in [3.8, 4) is 0 Å². The van der Waals surface area contributed by atoms with E-state index in [-0.39, 0.29) is 39.7 Å². The van der Waals surface area contributed by atoms with Gasteiger partial charge in [-0.05, 0) is 97.6 Å². The number of rotatable bonds is 7. The highest BCUT2D eigenvalue weighted by Gasteiger charge is 2.34. The maximum atomic E-state index is 17.1. The Kier molecular flexibility index (Phi) is 11.0. The van der Waals surface area contributed by atoms with E-state index in [1.165, 1.54) is 16.3 Å². The lowest BCUT2D eigenvalue weighted by Crippen LogP contribution is -2.42. The molecule has 2 aromatic carbocycles. The minimum absolute atomic E-state index is 0.00137. The zero-order valence-corrected chi connectivity index (χ0v) is 31.6. The first kappa shape index (κ1) is 37.6. The lowest BCUT2D eigenvalue weighted by Gasteiger charge is -2.33. The van der Waals surface area contributed by atoms with Gasteiger partial charge in [0.05, 0.1) is 11.9 Å². The van der Waals surface area contributed by atoms with Crippen molar-refractivity contribution in [2.45, 2.75) is 103 Å². The summed E-state index contributed by atoms with van der Waals surface area (Å²) in [5.74, 6) is -1.26. The molecule has 0 bridgehead atoms. The molecule has 0 unspecified atom stereocenters. The Hall–Kier alpha value is -4.65. The van der Waals surface area contributed by atoms with Gasteiger partial charge < -0.3 is 19.7 Å². The predicted octanol–water partition coefficient (Wildman–Crippen LogP) is 9.12. The fourth-order valence-electron chi connectivity index (χ4n) is 5.53. The zero-order valence-electron chi connectivity index (χ0n) is 30.7. The van der Waals surface area contributed by atoms with Crippen molar-refractivity contribution < 1.29 is 28.2 Å². The Balaban J connectivity index is 1.55. The molecule has 0 spiro atoms. The fraction of sp³-hybridized carbons (Fsp3) is 0.447. The maximum Gasteiger partial charge on any atom is 0.420 e. The number of carbonyl (C=O) groups is 3. The summed E-state index contributed by atoms with van der Waals surface area (Å²) in [6, 6.07) is 13.8. The summed E-state index contributed by atoms with van der Waals surface area (Å²) in [5.41, 5.74) is 1.81. The lowest BCUT2D eigenvalue weighted by molar-refractivity contribution is 0.0218. The fourth-order valence-corrected chi connectivity index (χ4v) is 6.62. The molecule has 5 rings (SSSR count). The highest BCUT2D eigenvalue weighted by molar-refractivity contribution is 7.99. The van der Waals surface area contributed by atoms with Crippen molar-refractivity contribution in [3.63, 3.8) is 0 Å². The van der Waals surface area contributed by atoms with E-state index in [4.69, 9.17) is 14.5 Å². The number of aryl methyl sites for hydroxylation is 1. The molecule has 0 radical (unpaired) electrons. The van der Waals surface area contributed by atoms with Crippen LogP contribution >= 0.6 is 11.8 Å². The topological polar surface area (TPSA) is 118 Å². The van der Waals surface area contributed by atoms with E-state index in [9.17, 15) is 14.4 Å². The summed E-state index contributed by atoms with van der Waals surface area (Å²) in [5, 5.41) is 7.45. The molecule has 0 aliphatic carbocycles. The summed E-state index contributed by atoms with van der Waals surface area (Å²) in [4.78, 5) is 47.5. The van der Waals surface area contributed by atoms with Gasteiger partial charge >= 0.3 is 12.2 Å². The van der Waals surface area contributed by atoms with E-state index in [1.54, 1.807) is 68.3 Å². The number of nitrogens with one attached hydrogen (secondary N) is 1. The van der Waals surface area contributed by atoms with Gasteiger partial charge in [-0.3, -0.25) is 4.79 Å². The average molecular weight is 719 g/mol. The quantitative estimate of drug-likeness (QED) is 0.188. The molecule has 0 saturated carbocycles. The largest absolute Gasteiger partial charge is 0.444 e. The minimum Gasteiger partial charge on any atom is -0.444 e. The van der Waals surface area contributed by atoms with Crippen LogP contribution in [0, 0.1) is 12.7 Å². The molecule has 3 amide bonds. The number of likely N-dealkylation sites (tertiary alicyclic amines) is 1. The molecule has 272 valence electrons. The van der Waals surface area contributed by atoms with E-state index in [2.05, 4.69) is 10.4 Å². The van der Waals surface area contributed by atoms with Crippen LogP contribution in [0.15, 0.2) is 59.8 Å². The summed E-state index contributed by atoms with van der Waals surface area (Å²) in [7, 11) is 0. The van der Waals surface area contributed by atoms with Crippen molar-refractivity contribution >= 4 is 52.7 Å². The van der Waals surface area contributed by atoms with Crippen molar-refractivity contribution in [2.24, 2.45) is 0 Å². The predicted molar refractivity (Wildman–Crippen MR) is 198 cm³/mol. The molecular weight excluding hydrogens is 672 g/mol. The second kappa shape index (κ2) is 14.9. The first-order chi connectivity index (χ1) is 23.9. The molecule has 4 aromatic rings. The lowest BCUT2D eigenvalue weighted by atomic mass is 10.1. The number of thioether (sulfide) groups is 1. The Morgan fingerprint density at radius 2 is 1.63 bits per heavy atom. The van der Waals surface area contributed by atoms with Gasteiger partial charge in [-0.15, -0.1) is 0 Å². The van der Waals surface area contributed by atoms with Crippen LogP contribution in [0.5, 0.6) is 0 Å². The van der Waals surface area contributed by atoms with Crippen LogP contribution in [0.3, 0.4) is 0 Å². The summed E-state index contributed by atoms with van der Waals surface area (Å²) in [6.45, 7) is 17.5. The van der Waals surface area contributed by atoms with Crippen LogP contribution in [-0.2, 0) is 9.47 Å². The van der Waals surface area contributed by atoms with Crippen LogP contribution in [0.2, 0.25) is 0 Å². The molecule has 1 fully saturated rings. The average Bonchev–Trinajstić information content (AvgIpc) is 3.46. The number of aromatic nitrogens is 3. The number of hydrogen-bond acceptors (Lipinski definition) is 8. The number of halogens is 1. The van der Waals surface area contributed by atoms with Crippen LogP contribution in [0.25, 0.3) is 5.65 Å². The summed E-state index contributed by atoms with van der Waals surface area (Å²) in [6.07, 6.45) is 1.62. The van der Waals surface area contributed by atoms with E-state index >= 15 is 4.39 Å². The van der Waals surface area contributed by atoms with Gasteiger partial charge in [0.15, 0.2) is 17.3 Å². The Bertz CT molecular complexity index is 1910. The number of carbonyl (C=O) groups excluding carboxylic acids is 3. The third-order valence-electron chi connectivity index (χ3n) is 8.02. The molecule has 11 nitrogen and oxygen atoms in total. The van der Waals surface area contributed by atoms with Gasteiger partial charge in [-0.25, -0.2) is 19.5 Å². The molecule has 1 saturated heterocycles. The first-order valence-corrected chi connectivity index (χ1v) is 18.0. The van der Waals surface area contributed by atoms with Crippen LogP contribution in [0.1, 0.15) is 95.6 Å². The minimum atomic E-state index is -0.915. The van der Waals surface area contributed by atoms with Crippen LogP contribution < -0.4 is 10.2 Å². The molecule has 1 aliphatic heterocycles. The monoisotopic (exact) mass is 718 g/mol. The third kappa shape index (κ3) is 9.18. The highest BCUT2D eigenvalue weighted by Crippen LogP contribution is 2.39. The van der Waals surface area contributed by atoms with Gasteiger partial charge in [-0.1, -0.05) is 49.4 Å². The van der Waals surface area contributed by atoms with Gasteiger partial charge in [0.2, 0.25) is 0 Å². The molecular formula is C38H47FN6O5S. The SMILES string of the molecule is Cc1ccc(C(=O)Nc2cccc(N(C(=O)OC(C)(C)C)c3c(F)c(SC4CCN(C(=O)OC(C)(C)C)CC4)nc4c(C(C)C)cnn34)c2)cc1. The number of amides is 3. The van der Waals surface area contributed by atoms with Crippen molar-refractivity contribution in [1.29, 1.82) is 0 Å². The Morgan fingerprint density at radius 3 is 2.24 bits per heavy atom. The number of nitrogens with zero attached hydrogens (tertiary/aromatic N) is 5. The standard InChI is InChI=1S/C38H47FN6O5S/c1-23(2)29-22-40-45-31(29)42-33(51-28-17-19-43(20-18-28)35(47)49-37(4,5)6)30(39)34(45)44(36(48)50-38(7,8)9)27-12-10-11-26(21-27)41-32(46)25-15-13-24(3)14-16-25/h10-16,21-23,28H,17-20H2,1-9H3,(H,41,46). The Labute approximate surface area is 302 Å². The van der Waals surface area contributed by atoms with Crippen LogP contribution in [-0.4, -0.2) is 67.1 Å². The van der Waals surface area contributed by atoms with Gasteiger partial charge in [-0.2, -0.15) is 14.0 Å².